The predicted octanol–water partition coefficient (Wildman–Crippen LogP) is 1.80. The summed E-state index contributed by atoms with van der Waals surface area (Å²) in [5, 5.41) is 3.31. The largest absolute Gasteiger partial charge is 0.492 e. The summed E-state index contributed by atoms with van der Waals surface area (Å²) in [7, 11) is 0. The molecule has 2 heterocycles. The van der Waals surface area contributed by atoms with Gasteiger partial charge in [-0.1, -0.05) is 23.8 Å². The van der Waals surface area contributed by atoms with Crippen LogP contribution in [0.4, 0.5) is 0 Å². The van der Waals surface area contributed by atoms with Crippen LogP contribution in [-0.2, 0) is 6.54 Å². The molecule has 1 aromatic rings. The molecule has 96 valence electrons. The molecule has 1 N–H and O–H groups in total. The van der Waals surface area contributed by atoms with Crippen LogP contribution in [0.15, 0.2) is 35.4 Å². The van der Waals surface area contributed by atoms with E-state index in [0.717, 1.165) is 45.1 Å². The summed E-state index contributed by atoms with van der Waals surface area (Å²) in [4.78, 5) is 2.48. The number of hydrogen-bond acceptors (Lipinski definition) is 3. The van der Waals surface area contributed by atoms with Gasteiger partial charge in [0.25, 0.3) is 0 Å². The van der Waals surface area contributed by atoms with E-state index >= 15 is 0 Å². The summed E-state index contributed by atoms with van der Waals surface area (Å²) in [6.07, 6.45) is 0. The molecule has 3 heteroatoms. The lowest BCUT2D eigenvalue weighted by Crippen LogP contribution is -2.37. The molecule has 0 aliphatic carbocycles. The van der Waals surface area contributed by atoms with Gasteiger partial charge in [-0.2, -0.15) is 0 Å². The number of rotatable bonds is 2. The monoisotopic (exact) mass is 244 g/mol. The van der Waals surface area contributed by atoms with Gasteiger partial charge in [-0.05, 0) is 18.6 Å². The van der Waals surface area contributed by atoms with Crippen molar-refractivity contribution >= 4 is 0 Å². The van der Waals surface area contributed by atoms with Crippen molar-refractivity contribution in [2.45, 2.75) is 13.5 Å². The average molecular weight is 244 g/mol. The molecule has 3 rings (SSSR count). The second-order valence-electron chi connectivity index (χ2n) is 5.15. The maximum atomic E-state index is 5.79. The number of fused-ring (bicyclic) bond motifs is 1. The molecule has 0 saturated carbocycles. The van der Waals surface area contributed by atoms with E-state index in [0.29, 0.717) is 0 Å². The van der Waals surface area contributed by atoms with Crippen LogP contribution in [0.3, 0.4) is 0 Å². The quantitative estimate of drug-likeness (QED) is 0.803. The molecule has 18 heavy (non-hydrogen) atoms. The van der Waals surface area contributed by atoms with Crippen molar-refractivity contribution < 1.29 is 4.74 Å². The third-order valence-electron chi connectivity index (χ3n) is 3.77. The smallest absolute Gasteiger partial charge is 0.123 e. The van der Waals surface area contributed by atoms with Crippen molar-refractivity contribution in [2.75, 3.05) is 32.8 Å². The van der Waals surface area contributed by atoms with Gasteiger partial charge in [0.1, 0.15) is 12.4 Å². The first-order valence-corrected chi connectivity index (χ1v) is 6.64. The van der Waals surface area contributed by atoms with Crippen LogP contribution in [0.25, 0.3) is 0 Å². The predicted molar refractivity (Wildman–Crippen MR) is 72.8 cm³/mol. The molecular formula is C15H20N2O. The minimum Gasteiger partial charge on any atom is -0.492 e. The topological polar surface area (TPSA) is 24.5 Å². The van der Waals surface area contributed by atoms with Gasteiger partial charge in [0.15, 0.2) is 0 Å². The van der Waals surface area contributed by atoms with E-state index in [-0.39, 0.29) is 0 Å². The Kier molecular flexibility index (Phi) is 3.35. The highest BCUT2D eigenvalue weighted by Crippen LogP contribution is 2.23. The molecule has 1 aromatic carbocycles. The van der Waals surface area contributed by atoms with Crippen LogP contribution < -0.4 is 10.1 Å². The summed E-state index contributed by atoms with van der Waals surface area (Å²) < 4.78 is 5.79. The molecule has 2 aliphatic rings. The second-order valence-corrected chi connectivity index (χ2v) is 5.15. The van der Waals surface area contributed by atoms with Gasteiger partial charge in [0.05, 0.1) is 0 Å². The molecule has 0 spiro atoms. The highest BCUT2D eigenvalue weighted by Gasteiger charge is 2.17. The molecule has 0 aromatic heterocycles. The third-order valence-corrected chi connectivity index (χ3v) is 3.77. The molecule has 1 saturated heterocycles. The number of benzene rings is 1. The number of para-hydroxylation sites is 1. The van der Waals surface area contributed by atoms with Crippen LogP contribution in [0.5, 0.6) is 5.75 Å². The Hall–Kier alpha value is -1.32. The van der Waals surface area contributed by atoms with Gasteiger partial charge >= 0.3 is 0 Å². The van der Waals surface area contributed by atoms with Crippen LogP contribution in [0, 0.1) is 0 Å². The second kappa shape index (κ2) is 5.12. The Morgan fingerprint density at radius 3 is 2.94 bits per heavy atom. The Labute approximate surface area is 108 Å². The van der Waals surface area contributed by atoms with Crippen molar-refractivity contribution in [1.29, 1.82) is 0 Å². The fraction of sp³-hybridized carbons (Fsp3) is 0.467. The van der Waals surface area contributed by atoms with E-state index in [4.69, 9.17) is 4.74 Å². The Morgan fingerprint density at radius 1 is 1.33 bits per heavy atom. The lowest BCUT2D eigenvalue weighted by Gasteiger charge is -2.26. The minimum absolute atomic E-state index is 0.790. The van der Waals surface area contributed by atoms with Gasteiger partial charge < -0.3 is 10.1 Å². The number of nitrogens with one attached hydrogen (secondary N) is 1. The van der Waals surface area contributed by atoms with Gasteiger partial charge in [-0.25, -0.2) is 0 Å². The normalized spacial score (nSPS) is 19.5. The molecule has 3 nitrogen and oxygen atoms in total. The van der Waals surface area contributed by atoms with E-state index in [1.165, 1.54) is 11.1 Å². The van der Waals surface area contributed by atoms with Crippen LogP contribution in [0.2, 0.25) is 0 Å². The van der Waals surface area contributed by atoms with Crippen molar-refractivity contribution in [1.82, 2.24) is 10.2 Å². The molecule has 0 atom stereocenters. The lowest BCUT2D eigenvalue weighted by molar-refractivity contribution is 0.238. The molecular weight excluding hydrogens is 224 g/mol. The standard InChI is InChI=1S/C15H20N2O/c1-12(14-8-16-9-14)10-17-6-7-18-15-5-3-2-4-13(15)11-17/h2-5,16H,6-11H2,1H3. The highest BCUT2D eigenvalue weighted by atomic mass is 16.5. The minimum atomic E-state index is 0.790. The third kappa shape index (κ3) is 2.42. The maximum absolute atomic E-state index is 5.79. The first-order chi connectivity index (χ1) is 8.83. The van der Waals surface area contributed by atoms with Crippen molar-refractivity contribution in [3.05, 3.63) is 41.0 Å². The molecule has 1 fully saturated rings. The number of hydrogen-bond donors (Lipinski definition) is 1. The molecule has 0 unspecified atom stereocenters. The van der Waals surface area contributed by atoms with E-state index < -0.39 is 0 Å². The van der Waals surface area contributed by atoms with E-state index in [9.17, 15) is 0 Å². The molecule has 0 bridgehead atoms. The van der Waals surface area contributed by atoms with Gasteiger partial charge in [0, 0.05) is 38.3 Å². The molecule has 0 radical (unpaired) electrons. The Morgan fingerprint density at radius 2 is 2.17 bits per heavy atom. The fourth-order valence-electron chi connectivity index (χ4n) is 2.51. The zero-order valence-electron chi connectivity index (χ0n) is 10.9. The van der Waals surface area contributed by atoms with Crippen molar-refractivity contribution in [3.63, 3.8) is 0 Å². The average Bonchev–Trinajstić information content (AvgIpc) is 2.47. The van der Waals surface area contributed by atoms with Crippen molar-refractivity contribution in [2.24, 2.45) is 0 Å². The molecule has 2 aliphatic heterocycles. The SMILES string of the molecule is CC(CN1CCOc2ccccc2C1)=C1CNC1. The molecule has 0 amide bonds. The zero-order chi connectivity index (χ0) is 12.4. The summed E-state index contributed by atoms with van der Waals surface area (Å²) in [5.41, 5.74) is 4.40. The van der Waals surface area contributed by atoms with Crippen molar-refractivity contribution in [3.8, 4) is 5.75 Å². The summed E-state index contributed by atoms with van der Waals surface area (Å²) in [5.74, 6) is 1.05. The van der Waals surface area contributed by atoms with E-state index in [1.807, 2.05) is 6.07 Å². The first kappa shape index (κ1) is 11.8. The first-order valence-electron chi connectivity index (χ1n) is 6.64. The van der Waals surface area contributed by atoms with Gasteiger partial charge in [-0.3, -0.25) is 4.90 Å². The zero-order valence-corrected chi connectivity index (χ0v) is 10.9. The lowest BCUT2D eigenvalue weighted by atomic mass is 10.0. The summed E-state index contributed by atoms with van der Waals surface area (Å²) in [6, 6.07) is 8.37. The van der Waals surface area contributed by atoms with Crippen LogP contribution in [-0.4, -0.2) is 37.7 Å². The number of ether oxygens (including phenoxy) is 1. The summed E-state index contributed by atoms with van der Waals surface area (Å²) in [6.45, 7) is 8.26. The Balaban J connectivity index is 1.71. The Bertz CT molecular complexity index is 461. The van der Waals surface area contributed by atoms with Gasteiger partial charge in [-0.15, -0.1) is 0 Å². The number of nitrogens with zero attached hydrogens (tertiary/aromatic N) is 1. The maximum Gasteiger partial charge on any atom is 0.123 e. The van der Waals surface area contributed by atoms with Crippen LogP contribution in [0.1, 0.15) is 12.5 Å². The van der Waals surface area contributed by atoms with E-state index in [1.54, 1.807) is 5.57 Å². The van der Waals surface area contributed by atoms with E-state index in [2.05, 4.69) is 35.3 Å². The van der Waals surface area contributed by atoms with Gasteiger partial charge in [0.2, 0.25) is 0 Å². The summed E-state index contributed by atoms with van der Waals surface area (Å²) >= 11 is 0. The fourth-order valence-corrected chi connectivity index (χ4v) is 2.51. The van der Waals surface area contributed by atoms with Crippen LogP contribution >= 0.6 is 0 Å². The highest BCUT2D eigenvalue weighted by molar-refractivity contribution is 5.34.